The van der Waals surface area contributed by atoms with Crippen molar-refractivity contribution in [2.75, 3.05) is 4.90 Å². The molecule has 4 atom stereocenters. The van der Waals surface area contributed by atoms with E-state index >= 15 is 0 Å². The zero-order valence-corrected chi connectivity index (χ0v) is 17.3. The number of nitrogens with zero attached hydrogens (tertiary/aromatic N) is 2. The number of fused-ring (bicyclic) bond motifs is 5. The van der Waals surface area contributed by atoms with Gasteiger partial charge in [0.15, 0.2) is 4.33 Å². The highest BCUT2D eigenvalue weighted by Gasteiger charge is 2.87. The van der Waals surface area contributed by atoms with Crippen LogP contribution in [0.2, 0.25) is 0 Å². The van der Waals surface area contributed by atoms with Crippen LogP contribution < -0.4 is 4.90 Å². The Kier molecular flexibility index (Phi) is 4.09. The fourth-order valence-corrected chi connectivity index (χ4v) is 6.90. The smallest absolute Gasteiger partial charge is 0.269 e. The van der Waals surface area contributed by atoms with Crippen molar-refractivity contribution in [3.63, 3.8) is 0 Å². The first kappa shape index (κ1) is 19.6. The molecule has 0 unspecified atom stereocenters. The number of alkyl halides is 4. The Hall–Kier alpha value is -0.760. The minimum atomic E-state index is -2.00. The molecule has 1 aliphatic heterocycles. The molecule has 2 bridgehead atoms. The summed E-state index contributed by atoms with van der Waals surface area (Å²) in [4.78, 5) is 33.4. The zero-order valence-electron chi connectivity index (χ0n) is 12.8. The molecule has 1 aromatic rings. The second-order valence-electron chi connectivity index (χ2n) is 6.37. The van der Waals surface area contributed by atoms with E-state index in [9.17, 15) is 19.7 Å². The summed E-state index contributed by atoms with van der Waals surface area (Å²) in [5, 5.41) is 10.4. The molecule has 6 nitrogen and oxygen atoms in total. The molecule has 0 spiro atoms. The lowest BCUT2D eigenvalue weighted by Gasteiger charge is -2.34. The van der Waals surface area contributed by atoms with Crippen molar-refractivity contribution in [3.05, 3.63) is 44.4 Å². The van der Waals surface area contributed by atoms with Crippen LogP contribution in [-0.2, 0) is 9.59 Å². The van der Waals surface area contributed by atoms with Gasteiger partial charge in [0.25, 0.3) is 5.69 Å². The summed E-state index contributed by atoms with van der Waals surface area (Å²) < 4.78 is -2.00. The number of carbonyl (C=O) groups is 2. The van der Waals surface area contributed by atoms with Crippen LogP contribution in [0.25, 0.3) is 0 Å². The van der Waals surface area contributed by atoms with Crippen molar-refractivity contribution in [2.24, 2.45) is 11.8 Å². The van der Waals surface area contributed by atoms with E-state index in [4.69, 9.17) is 69.6 Å². The summed E-state index contributed by atoms with van der Waals surface area (Å²) in [6, 6.07) is 4.86. The monoisotopic (exact) mass is 488 g/mol. The lowest BCUT2D eigenvalue weighted by Crippen LogP contribution is -2.50. The number of hydrogen-bond donors (Lipinski definition) is 0. The minimum absolute atomic E-state index is 0.118. The van der Waals surface area contributed by atoms with Crippen molar-refractivity contribution in [2.45, 2.75) is 14.1 Å². The summed E-state index contributed by atoms with van der Waals surface area (Å²) in [7, 11) is 0. The third kappa shape index (κ3) is 1.97. The Balaban J connectivity index is 1.84. The molecule has 1 aromatic carbocycles. The summed E-state index contributed by atoms with van der Waals surface area (Å²) in [5.74, 6) is -3.93. The topological polar surface area (TPSA) is 80.5 Å². The minimum Gasteiger partial charge on any atom is -0.274 e. The standard InChI is InChI=1S/C15H6Cl6N2O4/c16-9-10(17)14(19)8-7(13(9,18)15(14,20)21)11(24)22(12(8)25)5-1-3-6(4-2-5)23(26)27/h1-4,7-8H/t7-,8-,13+,14+/m0/s1. The van der Waals surface area contributed by atoms with Crippen molar-refractivity contribution in [3.8, 4) is 0 Å². The van der Waals surface area contributed by atoms with Gasteiger partial charge in [0.1, 0.15) is 9.75 Å². The van der Waals surface area contributed by atoms with E-state index in [1.54, 1.807) is 0 Å². The lowest BCUT2D eigenvalue weighted by atomic mass is 9.84. The first-order chi connectivity index (χ1) is 12.4. The highest BCUT2D eigenvalue weighted by Crippen LogP contribution is 2.77. The van der Waals surface area contributed by atoms with Gasteiger partial charge in [-0.05, 0) is 12.1 Å². The van der Waals surface area contributed by atoms with Crippen LogP contribution in [0.15, 0.2) is 34.3 Å². The maximum Gasteiger partial charge on any atom is 0.269 e. The van der Waals surface area contributed by atoms with Gasteiger partial charge in [0.05, 0.1) is 32.5 Å². The molecule has 2 amide bonds. The Labute approximate surface area is 182 Å². The summed E-state index contributed by atoms with van der Waals surface area (Å²) in [5.41, 5.74) is -0.0825. The van der Waals surface area contributed by atoms with E-state index in [2.05, 4.69) is 0 Å². The number of hydrogen-bond acceptors (Lipinski definition) is 4. The molecule has 1 heterocycles. The fraction of sp³-hybridized carbons (Fsp3) is 0.333. The van der Waals surface area contributed by atoms with E-state index < -0.39 is 42.7 Å². The molecule has 0 N–H and O–H groups in total. The number of benzene rings is 1. The second kappa shape index (κ2) is 5.65. The van der Waals surface area contributed by atoms with Gasteiger partial charge in [-0.3, -0.25) is 19.7 Å². The van der Waals surface area contributed by atoms with Crippen LogP contribution in [-0.4, -0.2) is 30.8 Å². The maximum atomic E-state index is 13.1. The van der Waals surface area contributed by atoms with E-state index in [0.29, 0.717) is 0 Å². The molecule has 27 heavy (non-hydrogen) atoms. The molecule has 4 rings (SSSR count). The molecule has 0 aromatic heterocycles. The van der Waals surface area contributed by atoms with E-state index in [1.807, 2.05) is 0 Å². The van der Waals surface area contributed by atoms with Crippen molar-refractivity contribution in [1.82, 2.24) is 0 Å². The first-order valence-corrected chi connectivity index (χ1v) is 9.63. The fourth-order valence-electron chi connectivity index (χ4n) is 3.97. The zero-order chi connectivity index (χ0) is 20.1. The van der Waals surface area contributed by atoms with Gasteiger partial charge < -0.3 is 0 Å². The summed E-state index contributed by atoms with van der Waals surface area (Å²) in [6.45, 7) is 0. The Morgan fingerprint density at radius 1 is 0.889 bits per heavy atom. The van der Waals surface area contributed by atoms with Crippen molar-refractivity contribution >= 4 is 92.8 Å². The Bertz CT molecular complexity index is 918. The van der Waals surface area contributed by atoms with Crippen LogP contribution in [0.1, 0.15) is 0 Å². The number of halogens is 6. The van der Waals surface area contributed by atoms with Gasteiger partial charge in [0, 0.05) is 12.1 Å². The normalized spacial score (nSPS) is 36.6. The quantitative estimate of drug-likeness (QED) is 0.264. The summed E-state index contributed by atoms with van der Waals surface area (Å²) in [6.07, 6.45) is 0. The molecular formula is C15H6Cl6N2O4. The van der Waals surface area contributed by atoms with Gasteiger partial charge in [0.2, 0.25) is 11.8 Å². The number of imide groups is 1. The van der Waals surface area contributed by atoms with Crippen LogP contribution >= 0.6 is 69.6 Å². The number of nitro groups is 1. The largest absolute Gasteiger partial charge is 0.274 e. The third-order valence-electron chi connectivity index (χ3n) is 5.23. The maximum absolute atomic E-state index is 13.1. The van der Waals surface area contributed by atoms with Gasteiger partial charge in [-0.25, -0.2) is 4.90 Å². The molecule has 142 valence electrons. The van der Waals surface area contributed by atoms with E-state index in [-0.39, 0.29) is 21.4 Å². The number of nitro benzene ring substituents is 1. The highest BCUT2D eigenvalue weighted by atomic mass is 35.5. The van der Waals surface area contributed by atoms with E-state index in [1.165, 1.54) is 12.1 Å². The number of non-ortho nitro benzene ring substituents is 1. The number of amides is 2. The molecular weight excluding hydrogens is 485 g/mol. The second-order valence-corrected chi connectivity index (χ2v) is 9.64. The van der Waals surface area contributed by atoms with Crippen molar-refractivity contribution in [1.29, 1.82) is 0 Å². The average molecular weight is 491 g/mol. The summed E-state index contributed by atoms with van der Waals surface area (Å²) >= 11 is 38.4. The van der Waals surface area contributed by atoms with Crippen LogP contribution in [0.5, 0.6) is 0 Å². The number of allylic oxidation sites excluding steroid dienone is 2. The molecule has 0 radical (unpaired) electrons. The third-order valence-corrected chi connectivity index (χ3v) is 9.49. The van der Waals surface area contributed by atoms with Crippen LogP contribution in [0, 0.1) is 22.0 Å². The van der Waals surface area contributed by atoms with Gasteiger partial charge in [-0.1, -0.05) is 46.4 Å². The molecule has 12 heteroatoms. The van der Waals surface area contributed by atoms with Crippen LogP contribution in [0.4, 0.5) is 11.4 Å². The predicted octanol–water partition coefficient (Wildman–Crippen LogP) is 4.55. The molecule has 3 aliphatic rings. The molecule has 2 aliphatic carbocycles. The predicted molar refractivity (Wildman–Crippen MR) is 103 cm³/mol. The molecule has 2 fully saturated rings. The van der Waals surface area contributed by atoms with E-state index in [0.717, 1.165) is 17.0 Å². The first-order valence-electron chi connectivity index (χ1n) is 7.36. The number of carbonyl (C=O) groups excluding carboxylic acids is 2. The highest BCUT2D eigenvalue weighted by molar-refractivity contribution is 6.67. The SMILES string of the molecule is O=C1[C@@H]2[C@@H](C(=O)N1c1ccc([N+](=O)[O-])cc1)[C@@]1(Cl)C(Cl)=C(Cl)[C@@]2(Cl)C1(Cl)Cl. The molecule has 1 saturated heterocycles. The van der Waals surface area contributed by atoms with Gasteiger partial charge >= 0.3 is 0 Å². The molecule has 1 saturated carbocycles. The number of rotatable bonds is 2. The Morgan fingerprint density at radius 3 is 1.67 bits per heavy atom. The van der Waals surface area contributed by atoms with Crippen molar-refractivity contribution < 1.29 is 14.5 Å². The van der Waals surface area contributed by atoms with Gasteiger partial charge in [-0.2, -0.15) is 0 Å². The average Bonchev–Trinajstić information content (AvgIpc) is 2.99. The lowest BCUT2D eigenvalue weighted by molar-refractivity contribution is -0.384. The van der Waals surface area contributed by atoms with Crippen LogP contribution in [0.3, 0.4) is 0 Å². The van der Waals surface area contributed by atoms with Gasteiger partial charge in [-0.15, -0.1) is 23.2 Å². The Morgan fingerprint density at radius 2 is 1.30 bits per heavy atom. The number of anilines is 1.